The Hall–Kier alpha value is -0.303. The van der Waals surface area contributed by atoms with E-state index in [1.54, 1.807) is 110 Å². The van der Waals surface area contributed by atoms with Crippen LogP contribution >= 0.6 is 31.7 Å². The van der Waals surface area contributed by atoms with Crippen LogP contribution in [0.2, 0.25) is 0 Å². The van der Waals surface area contributed by atoms with Crippen LogP contribution in [-0.2, 0) is 42.1 Å². The summed E-state index contributed by atoms with van der Waals surface area (Å²) in [7, 11) is 0.444. The molecule has 4 rings (SSSR count). The van der Waals surface area contributed by atoms with Crippen LogP contribution in [0.1, 0.15) is 0 Å². The molecule has 0 aliphatic rings. The van der Waals surface area contributed by atoms with Gasteiger partial charge in [0.25, 0.3) is 0 Å². The molecule has 0 amide bonds. The van der Waals surface area contributed by atoms with E-state index in [2.05, 4.69) is 97.5 Å². The van der Waals surface area contributed by atoms with Gasteiger partial charge in [-0.1, -0.05) is 49.6 Å². The van der Waals surface area contributed by atoms with Gasteiger partial charge in [0.2, 0.25) is 0 Å². The number of hydrogen-bond donors (Lipinski definition) is 0. The molecule has 4 aromatic rings. The molecule has 10 heteroatoms. The smallest absolute Gasteiger partial charge is 0.391 e. The normalized spacial score (nSPS) is 8.70. The molecule has 4 nitrogen and oxygen atoms in total. The molecule has 0 atom stereocenters. The summed E-state index contributed by atoms with van der Waals surface area (Å²) in [5.74, 6) is 3.13. The second kappa shape index (κ2) is 38.7. The molecule has 0 saturated heterocycles. The fraction of sp³-hybridized carbons (Fsp3) is 0.333. The van der Waals surface area contributed by atoms with E-state index < -0.39 is 0 Å². The summed E-state index contributed by atoms with van der Waals surface area (Å²) < 4.78 is 0. The Morgan fingerprint density at radius 3 is 0.525 bits per heavy atom. The third-order valence-corrected chi connectivity index (χ3v) is 14.8. The number of nitrogens with zero attached hydrogens (tertiary/aromatic N) is 4. The minimum absolute atomic E-state index is 0. The van der Waals surface area contributed by atoms with Gasteiger partial charge in [-0.25, -0.2) is 0 Å². The summed E-state index contributed by atoms with van der Waals surface area (Å²) in [4.78, 5) is 15.0. The molecule has 0 unspecified atom stereocenters. The van der Waals surface area contributed by atoms with Crippen LogP contribution in [0.15, 0.2) is 98.1 Å². The largest absolute Gasteiger partial charge is 2.00 e. The van der Waals surface area contributed by atoms with Crippen molar-refractivity contribution in [2.24, 2.45) is 0 Å². The van der Waals surface area contributed by atoms with Gasteiger partial charge in [0.05, 0.1) is 0 Å². The average Bonchev–Trinajstić information content (AvgIpc) is 2.93. The van der Waals surface area contributed by atoms with Crippen LogP contribution in [0.5, 0.6) is 0 Å². The van der Waals surface area contributed by atoms with E-state index in [1.165, 1.54) is 0 Å². The number of aromatic nitrogens is 4. The van der Waals surface area contributed by atoms with E-state index in [9.17, 15) is 0 Å². The molecule has 0 spiro atoms. The fourth-order valence-electron chi connectivity index (χ4n) is 2.52. The van der Waals surface area contributed by atoms with E-state index >= 15 is 0 Å². The first-order valence-electron chi connectivity index (χ1n) is 12.5. The molecule has 4 aromatic heterocycles. The van der Waals surface area contributed by atoms with Crippen LogP contribution in [0.3, 0.4) is 0 Å². The van der Waals surface area contributed by atoms with E-state index in [0.717, 1.165) is 0 Å². The van der Waals surface area contributed by atoms with Crippen molar-refractivity contribution in [3.05, 3.63) is 122 Å². The quantitative estimate of drug-likeness (QED) is 0.159. The number of hydrogen-bond acceptors (Lipinski definition) is 4. The molecule has 0 aliphatic carbocycles. The Balaban J connectivity index is -0.000000193. The fourth-order valence-corrected chi connectivity index (χ4v) is 13.8. The van der Waals surface area contributed by atoms with Crippen molar-refractivity contribution in [1.29, 1.82) is 0 Å². The molecule has 0 bridgehead atoms. The zero-order valence-corrected chi connectivity index (χ0v) is 33.6. The monoisotopic (exact) mass is 978 g/mol. The molecule has 0 radical (unpaired) electrons. The van der Waals surface area contributed by atoms with E-state index in [0.29, 0.717) is 0 Å². The second-order valence-electron chi connectivity index (χ2n) is 8.97. The Bertz CT molecular complexity index is 639. The van der Waals surface area contributed by atoms with Gasteiger partial charge in [-0.2, -0.15) is 72.8 Å². The zero-order chi connectivity index (χ0) is 28.7. The van der Waals surface area contributed by atoms with Gasteiger partial charge >= 0.3 is 42.1 Å². The van der Waals surface area contributed by atoms with Crippen molar-refractivity contribution < 1.29 is 42.1 Å². The van der Waals surface area contributed by atoms with Crippen molar-refractivity contribution >= 4 is 31.7 Å². The third-order valence-electron chi connectivity index (χ3n) is 3.47. The molecule has 4 heterocycles. The third kappa shape index (κ3) is 50.5. The van der Waals surface area contributed by atoms with E-state index in [-0.39, 0.29) is 73.8 Å². The predicted molar refractivity (Wildman–Crippen MR) is 183 cm³/mol. The first-order chi connectivity index (χ1) is 18.3. The van der Waals surface area contributed by atoms with Gasteiger partial charge in [-0.15, -0.1) is 0 Å². The van der Waals surface area contributed by atoms with Crippen LogP contribution in [0, 0.1) is 24.3 Å². The SMILES string of the molecule is C[PH+](C)C[PH+](C)C.C[PH+](C)C[PH+](C)C.[Pt+2].[Pt+2].[c-]1ccncc1.[c-]1ccncc1.[c-]1ccncc1.[c-]1ccncc1. The second-order valence-corrected chi connectivity index (χ2v) is 21.5. The first kappa shape index (κ1) is 46.6. The average molecular weight is 979 g/mol. The van der Waals surface area contributed by atoms with Gasteiger partial charge in [-0.05, 0) is 0 Å². The Morgan fingerprint density at radius 1 is 0.350 bits per heavy atom. The molecule has 224 valence electrons. The van der Waals surface area contributed by atoms with Crippen molar-refractivity contribution in [2.45, 2.75) is 0 Å². The van der Waals surface area contributed by atoms with Crippen molar-refractivity contribution in [3.63, 3.8) is 0 Å². The first-order valence-corrected chi connectivity index (χ1v) is 23.3. The zero-order valence-electron chi connectivity index (χ0n) is 25.1. The number of pyridine rings is 4. The maximum Gasteiger partial charge on any atom is 2.00 e. The minimum Gasteiger partial charge on any atom is -0.391 e. The summed E-state index contributed by atoms with van der Waals surface area (Å²) in [6.45, 7) is 19.1. The van der Waals surface area contributed by atoms with Crippen LogP contribution < -0.4 is 0 Å². The van der Waals surface area contributed by atoms with E-state index in [4.69, 9.17) is 0 Å². The summed E-state index contributed by atoms with van der Waals surface area (Å²) >= 11 is 0. The van der Waals surface area contributed by atoms with Gasteiger partial charge in [-0.3, -0.25) is 0 Å². The van der Waals surface area contributed by atoms with Crippen LogP contribution in [0.25, 0.3) is 0 Å². The van der Waals surface area contributed by atoms with Crippen LogP contribution in [-0.4, -0.2) is 85.1 Å². The Labute approximate surface area is 279 Å². The van der Waals surface area contributed by atoms with E-state index in [1.807, 2.05) is 0 Å². The maximum absolute atomic E-state index is 3.75. The van der Waals surface area contributed by atoms with Gasteiger partial charge in [0.1, 0.15) is 0 Å². The van der Waals surface area contributed by atoms with Crippen LogP contribution in [0.4, 0.5) is 0 Å². The minimum atomic E-state index is 0. The summed E-state index contributed by atoms with van der Waals surface area (Å²) in [5, 5.41) is 0. The molecule has 0 aromatic carbocycles. The topological polar surface area (TPSA) is 51.6 Å². The summed E-state index contributed by atoms with van der Waals surface area (Å²) in [5.41, 5.74) is 0. The molecular weight excluding hydrogens is 930 g/mol. The number of rotatable bonds is 4. The van der Waals surface area contributed by atoms with Crippen molar-refractivity contribution in [2.75, 3.05) is 65.1 Å². The standard InChI is InChI=1S/4C5H4N.2C5H14P2.2Pt/c4*1-2-4-6-5-3-1;2*1-6(2)5-7(3)4;;/h4*2-5H;2*5H2,1-4H3;;/q4*-1;;;2*+2/p+4. The summed E-state index contributed by atoms with van der Waals surface area (Å²) in [6.07, 6.45) is 13.6. The molecule has 0 aliphatic heterocycles. The Morgan fingerprint density at radius 2 is 0.500 bits per heavy atom. The Kier molecular flexibility index (Phi) is 45.1. The summed E-state index contributed by atoms with van der Waals surface area (Å²) in [6, 6.07) is 25.4. The van der Waals surface area contributed by atoms with Crippen molar-refractivity contribution in [1.82, 2.24) is 19.9 Å². The molecule has 0 fully saturated rings. The molecular formula is C30H48N4P4Pt2+4. The predicted octanol–water partition coefficient (Wildman–Crippen LogP) is 7.31. The van der Waals surface area contributed by atoms with Gasteiger partial charge < -0.3 is 19.9 Å². The van der Waals surface area contributed by atoms with Gasteiger partial charge in [0.15, 0.2) is 11.8 Å². The van der Waals surface area contributed by atoms with Crippen molar-refractivity contribution in [3.8, 4) is 0 Å². The maximum atomic E-state index is 3.75. The molecule has 40 heavy (non-hydrogen) atoms. The van der Waals surface area contributed by atoms with Gasteiger partial charge in [0, 0.05) is 85.0 Å². The molecule has 0 saturated carbocycles. The molecule has 0 N–H and O–H groups in total.